The van der Waals surface area contributed by atoms with Crippen molar-refractivity contribution in [2.75, 3.05) is 26.1 Å². The molecule has 0 aliphatic carbocycles. The van der Waals surface area contributed by atoms with Gasteiger partial charge >= 0.3 is 6.03 Å². The monoisotopic (exact) mass is 318 g/mol. The first kappa shape index (κ1) is 16.6. The number of para-hydroxylation sites is 1. The molecule has 0 bridgehead atoms. The summed E-state index contributed by atoms with van der Waals surface area (Å²) in [6, 6.07) is 11.1. The number of ether oxygens (including phenoxy) is 2. The van der Waals surface area contributed by atoms with Crippen LogP contribution in [0.15, 0.2) is 42.5 Å². The summed E-state index contributed by atoms with van der Waals surface area (Å²) in [5.41, 5.74) is 1.14. The van der Waals surface area contributed by atoms with Gasteiger partial charge in [-0.15, -0.1) is 0 Å². The van der Waals surface area contributed by atoms with Crippen LogP contribution in [0.4, 0.5) is 14.9 Å². The highest BCUT2D eigenvalue weighted by molar-refractivity contribution is 5.89. The average molecular weight is 318 g/mol. The van der Waals surface area contributed by atoms with Crippen LogP contribution >= 0.6 is 0 Å². The number of hydrogen-bond acceptors (Lipinski definition) is 3. The number of benzene rings is 2. The number of carbonyl (C=O) groups excluding carboxylic acids is 1. The first-order valence-corrected chi connectivity index (χ1v) is 7.14. The third-order valence-electron chi connectivity index (χ3n) is 3.27. The van der Waals surface area contributed by atoms with E-state index in [4.69, 9.17) is 9.47 Å². The first-order chi connectivity index (χ1) is 11.1. The van der Waals surface area contributed by atoms with E-state index in [1.807, 2.05) is 18.2 Å². The van der Waals surface area contributed by atoms with Crippen LogP contribution in [0.3, 0.4) is 0 Å². The lowest BCUT2D eigenvalue weighted by Gasteiger charge is -2.11. The summed E-state index contributed by atoms with van der Waals surface area (Å²) < 4.78 is 23.8. The van der Waals surface area contributed by atoms with Crippen molar-refractivity contribution in [2.45, 2.75) is 6.42 Å². The highest BCUT2D eigenvalue weighted by atomic mass is 19.1. The molecule has 2 N–H and O–H groups in total. The quantitative estimate of drug-likeness (QED) is 0.860. The van der Waals surface area contributed by atoms with Crippen molar-refractivity contribution in [3.05, 3.63) is 53.8 Å². The molecule has 0 heterocycles. The van der Waals surface area contributed by atoms with Crippen LogP contribution in [0.1, 0.15) is 5.56 Å². The van der Waals surface area contributed by atoms with Crippen molar-refractivity contribution in [2.24, 2.45) is 0 Å². The average Bonchev–Trinajstić information content (AvgIpc) is 2.56. The molecular weight excluding hydrogens is 299 g/mol. The maximum Gasteiger partial charge on any atom is 0.319 e. The summed E-state index contributed by atoms with van der Waals surface area (Å²) in [7, 11) is 3.15. The number of halogens is 1. The third-order valence-corrected chi connectivity index (χ3v) is 3.27. The molecule has 0 spiro atoms. The van der Waals surface area contributed by atoms with Gasteiger partial charge in [0.05, 0.1) is 19.9 Å². The van der Waals surface area contributed by atoms with Crippen LogP contribution in [-0.2, 0) is 6.42 Å². The van der Waals surface area contributed by atoms with Gasteiger partial charge < -0.3 is 20.1 Å². The molecule has 0 saturated carbocycles. The predicted molar refractivity (Wildman–Crippen MR) is 86.7 cm³/mol. The Bertz CT molecular complexity index is 677. The van der Waals surface area contributed by atoms with Crippen LogP contribution in [0.2, 0.25) is 0 Å². The molecule has 2 rings (SSSR count). The fourth-order valence-corrected chi connectivity index (χ4v) is 2.09. The molecule has 0 aromatic heterocycles. The van der Waals surface area contributed by atoms with Gasteiger partial charge in [0.25, 0.3) is 0 Å². The van der Waals surface area contributed by atoms with E-state index in [1.54, 1.807) is 26.4 Å². The Labute approximate surface area is 134 Å². The van der Waals surface area contributed by atoms with E-state index in [2.05, 4.69) is 10.6 Å². The predicted octanol–water partition coefficient (Wildman–Crippen LogP) is 3.21. The summed E-state index contributed by atoms with van der Waals surface area (Å²) in [4.78, 5) is 11.7. The summed E-state index contributed by atoms with van der Waals surface area (Å²) >= 11 is 0. The Kier molecular flexibility index (Phi) is 5.80. The molecule has 23 heavy (non-hydrogen) atoms. The van der Waals surface area contributed by atoms with Gasteiger partial charge in [-0.3, -0.25) is 0 Å². The van der Waals surface area contributed by atoms with Crippen LogP contribution in [-0.4, -0.2) is 26.8 Å². The van der Waals surface area contributed by atoms with Crippen LogP contribution < -0.4 is 20.1 Å². The standard InChI is InChI=1S/C17H19FN2O3/c1-22-15-8-7-12(11-16(15)23-2)9-10-19-17(21)20-14-6-4-3-5-13(14)18/h3-8,11H,9-10H2,1-2H3,(H2,19,20,21). The smallest absolute Gasteiger partial charge is 0.319 e. The van der Waals surface area contributed by atoms with Gasteiger partial charge in [-0.1, -0.05) is 18.2 Å². The molecule has 5 nitrogen and oxygen atoms in total. The van der Waals surface area contributed by atoms with Gasteiger partial charge in [0.2, 0.25) is 0 Å². The molecule has 0 radical (unpaired) electrons. The molecule has 2 aromatic rings. The Morgan fingerprint density at radius 2 is 1.83 bits per heavy atom. The number of amides is 2. The summed E-state index contributed by atoms with van der Waals surface area (Å²) in [6.45, 7) is 0.412. The molecule has 0 fully saturated rings. The van der Waals surface area contributed by atoms with E-state index in [0.29, 0.717) is 24.5 Å². The number of anilines is 1. The number of carbonyl (C=O) groups is 1. The van der Waals surface area contributed by atoms with Gasteiger partial charge in [0.15, 0.2) is 11.5 Å². The second kappa shape index (κ2) is 8.03. The van der Waals surface area contributed by atoms with E-state index in [9.17, 15) is 9.18 Å². The lowest BCUT2D eigenvalue weighted by Crippen LogP contribution is -2.30. The number of rotatable bonds is 6. The van der Waals surface area contributed by atoms with E-state index in [0.717, 1.165) is 5.56 Å². The van der Waals surface area contributed by atoms with E-state index < -0.39 is 11.8 Å². The van der Waals surface area contributed by atoms with Crippen molar-refractivity contribution in [1.29, 1.82) is 0 Å². The first-order valence-electron chi connectivity index (χ1n) is 7.14. The molecule has 2 aromatic carbocycles. The molecule has 0 aliphatic heterocycles. The zero-order chi connectivity index (χ0) is 16.7. The van der Waals surface area contributed by atoms with E-state index in [1.165, 1.54) is 12.1 Å². The van der Waals surface area contributed by atoms with E-state index >= 15 is 0 Å². The maximum absolute atomic E-state index is 13.4. The lowest BCUT2D eigenvalue weighted by atomic mass is 10.1. The van der Waals surface area contributed by atoms with Crippen molar-refractivity contribution >= 4 is 11.7 Å². The number of hydrogen-bond donors (Lipinski definition) is 2. The Balaban J connectivity index is 1.85. The van der Waals surface area contributed by atoms with Gasteiger partial charge in [-0.25, -0.2) is 9.18 Å². The van der Waals surface area contributed by atoms with Gasteiger partial charge in [0.1, 0.15) is 5.82 Å². The molecule has 2 amide bonds. The van der Waals surface area contributed by atoms with Gasteiger partial charge in [-0.2, -0.15) is 0 Å². The third kappa shape index (κ3) is 4.60. The zero-order valence-corrected chi connectivity index (χ0v) is 13.1. The van der Waals surface area contributed by atoms with Crippen molar-refractivity contribution in [3.63, 3.8) is 0 Å². The number of nitrogens with one attached hydrogen (secondary N) is 2. The molecule has 0 saturated heterocycles. The molecule has 6 heteroatoms. The second-order valence-electron chi connectivity index (χ2n) is 4.80. The molecule has 0 unspecified atom stereocenters. The summed E-state index contributed by atoms with van der Waals surface area (Å²) in [5.74, 6) is 0.824. The number of methoxy groups -OCH3 is 2. The SMILES string of the molecule is COc1ccc(CCNC(=O)Nc2ccccc2F)cc1OC. The molecule has 122 valence electrons. The minimum atomic E-state index is -0.470. The summed E-state index contributed by atoms with van der Waals surface area (Å²) in [5, 5.41) is 5.15. The van der Waals surface area contributed by atoms with Crippen LogP contribution in [0, 0.1) is 5.82 Å². The van der Waals surface area contributed by atoms with Crippen molar-refractivity contribution < 1.29 is 18.7 Å². The van der Waals surface area contributed by atoms with Crippen LogP contribution in [0.25, 0.3) is 0 Å². The highest BCUT2D eigenvalue weighted by Crippen LogP contribution is 2.27. The van der Waals surface area contributed by atoms with Crippen molar-refractivity contribution in [3.8, 4) is 11.5 Å². The fraction of sp³-hybridized carbons (Fsp3) is 0.235. The molecule has 0 aliphatic rings. The van der Waals surface area contributed by atoms with Crippen LogP contribution in [0.5, 0.6) is 11.5 Å². The molecule has 0 atom stereocenters. The minimum absolute atomic E-state index is 0.149. The fourth-order valence-electron chi connectivity index (χ4n) is 2.09. The minimum Gasteiger partial charge on any atom is -0.493 e. The topological polar surface area (TPSA) is 59.6 Å². The Morgan fingerprint density at radius 1 is 1.09 bits per heavy atom. The zero-order valence-electron chi connectivity index (χ0n) is 13.1. The Morgan fingerprint density at radius 3 is 2.52 bits per heavy atom. The second-order valence-corrected chi connectivity index (χ2v) is 4.80. The largest absolute Gasteiger partial charge is 0.493 e. The van der Waals surface area contributed by atoms with Crippen molar-refractivity contribution in [1.82, 2.24) is 5.32 Å². The normalized spacial score (nSPS) is 10.0. The molecular formula is C17H19FN2O3. The Hall–Kier alpha value is -2.76. The van der Waals surface area contributed by atoms with Gasteiger partial charge in [0, 0.05) is 6.54 Å². The van der Waals surface area contributed by atoms with E-state index in [-0.39, 0.29) is 5.69 Å². The highest BCUT2D eigenvalue weighted by Gasteiger charge is 2.07. The maximum atomic E-state index is 13.4. The summed E-state index contributed by atoms with van der Waals surface area (Å²) in [6.07, 6.45) is 0.616. The number of urea groups is 1. The lowest BCUT2D eigenvalue weighted by molar-refractivity contribution is 0.252. The van der Waals surface area contributed by atoms with Gasteiger partial charge in [-0.05, 0) is 36.2 Å².